The van der Waals surface area contributed by atoms with Crippen LogP contribution in [0.25, 0.3) is 128 Å². The second kappa shape index (κ2) is 16.3. The van der Waals surface area contributed by atoms with Crippen LogP contribution >= 0.6 is 0 Å². The molecule has 0 saturated heterocycles. The van der Waals surface area contributed by atoms with Gasteiger partial charge >= 0.3 is 0 Å². The Morgan fingerprint density at radius 1 is 0.338 bits per heavy atom. The molecular formula is C62H39N5O. The maximum absolute atomic E-state index is 6.70. The summed E-state index contributed by atoms with van der Waals surface area (Å²) in [6.07, 6.45) is 3.74. The Balaban J connectivity index is 1.09. The van der Waals surface area contributed by atoms with Gasteiger partial charge in [0.15, 0.2) is 17.5 Å². The first kappa shape index (κ1) is 39.1. The van der Waals surface area contributed by atoms with Gasteiger partial charge in [0.25, 0.3) is 0 Å². The molecule has 0 atom stereocenters. The molecule has 0 unspecified atom stereocenters. The molecule has 0 N–H and O–H groups in total. The molecule has 13 rings (SSSR count). The number of rotatable bonds is 8. The van der Waals surface area contributed by atoms with Crippen LogP contribution in [0.15, 0.2) is 241 Å². The SMILES string of the molecule is c1ccc(-c2ccc(-c3ccccc3)c(-c3ccc(-c4ccc5oc6ccc7c8ccccc8n(-c8cccnc8)c7c6c5c4)c(-c4nc(-c5ccccc5)nc(-c5ccccc5)n4)c3)c2)cc1. The van der Waals surface area contributed by atoms with Gasteiger partial charge in [-0.05, 0) is 99.1 Å². The van der Waals surface area contributed by atoms with Crippen LogP contribution in [-0.4, -0.2) is 24.5 Å². The zero-order valence-corrected chi connectivity index (χ0v) is 36.7. The summed E-state index contributed by atoms with van der Waals surface area (Å²) < 4.78 is 9.02. The third-order valence-electron chi connectivity index (χ3n) is 13.0. The number of furan rings is 1. The standard InChI is InChI=1S/C62H39N5O/c1-5-16-40(17-6-1)44-27-30-48(41-18-7-2-8-19-41)52(36-44)46-28-31-49(53(37-46)62-65-60(42-20-9-3-10-21-42)64-61(66-62)43-22-11-4-12-23-43)45-29-33-56-54(38-45)58-57(68-56)34-32-51-50-25-13-14-26-55(50)67(59(51)58)47-24-15-35-63-39-47/h1-39H. The minimum Gasteiger partial charge on any atom is -0.456 e. The lowest BCUT2D eigenvalue weighted by molar-refractivity contribution is 0.669. The molecule has 9 aromatic carbocycles. The predicted molar refractivity (Wildman–Crippen MR) is 277 cm³/mol. The molecule has 68 heavy (non-hydrogen) atoms. The number of benzene rings is 9. The zero-order chi connectivity index (χ0) is 45.0. The molecule has 4 aromatic heterocycles. The summed E-state index contributed by atoms with van der Waals surface area (Å²) in [4.78, 5) is 20.3. The summed E-state index contributed by atoms with van der Waals surface area (Å²) in [5.74, 6) is 1.78. The van der Waals surface area contributed by atoms with Crippen molar-refractivity contribution in [3.63, 3.8) is 0 Å². The average molecular weight is 870 g/mol. The molecule has 6 heteroatoms. The predicted octanol–water partition coefficient (Wildman–Crippen LogP) is 15.9. The Morgan fingerprint density at radius 3 is 1.59 bits per heavy atom. The first-order valence-corrected chi connectivity index (χ1v) is 22.8. The van der Waals surface area contributed by atoms with Crippen LogP contribution in [0, 0.1) is 0 Å². The third-order valence-corrected chi connectivity index (χ3v) is 13.0. The average Bonchev–Trinajstić information content (AvgIpc) is 3.97. The highest BCUT2D eigenvalue weighted by Crippen LogP contribution is 2.44. The Labute approximate surface area is 392 Å². The van der Waals surface area contributed by atoms with Crippen molar-refractivity contribution in [1.29, 1.82) is 0 Å². The number of pyridine rings is 1. The minimum absolute atomic E-state index is 0.575. The monoisotopic (exact) mass is 869 g/mol. The van der Waals surface area contributed by atoms with Crippen molar-refractivity contribution in [1.82, 2.24) is 24.5 Å². The van der Waals surface area contributed by atoms with Crippen molar-refractivity contribution in [2.75, 3.05) is 0 Å². The van der Waals surface area contributed by atoms with Crippen molar-refractivity contribution in [2.24, 2.45) is 0 Å². The van der Waals surface area contributed by atoms with Crippen LogP contribution in [0.3, 0.4) is 0 Å². The van der Waals surface area contributed by atoms with E-state index in [0.717, 1.165) is 105 Å². The summed E-state index contributed by atoms with van der Waals surface area (Å²) in [7, 11) is 0. The fourth-order valence-corrected chi connectivity index (χ4v) is 9.78. The lowest BCUT2D eigenvalue weighted by Crippen LogP contribution is -2.01. The van der Waals surface area contributed by atoms with Crippen molar-refractivity contribution in [3.05, 3.63) is 237 Å². The van der Waals surface area contributed by atoms with Gasteiger partial charge in [-0.3, -0.25) is 4.98 Å². The fourth-order valence-electron chi connectivity index (χ4n) is 9.78. The van der Waals surface area contributed by atoms with E-state index in [1.165, 1.54) is 5.39 Å². The van der Waals surface area contributed by atoms with Crippen LogP contribution in [0.5, 0.6) is 0 Å². The molecule has 0 radical (unpaired) electrons. The minimum atomic E-state index is 0.575. The van der Waals surface area contributed by atoms with Gasteiger partial charge in [-0.15, -0.1) is 0 Å². The molecule has 0 aliphatic heterocycles. The van der Waals surface area contributed by atoms with Gasteiger partial charge in [-0.1, -0.05) is 170 Å². The summed E-state index contributed by atoms with van der Waals surface area (Å²) in [6.45, 7) is 0. The van der Waals surface area contributed by atoms with E-state index in [1.54, 1.807) is 0 Å². The van der Waals surface area contributed by atoms with Crippen molar-refractivity contribution in [3.8, 4) is 84.4 Å². The van der Waals surface area contributed by atoms with Gasteiger partial charge in [-0.2, -0.15) is 0 Å². The molecule has 0 saturated carbocycles. The first-order chi connectivity index (χ1) is 33.7. The Hall–Kier alpha value is -9.26. The first-order valence-electron chi connectivity index (χ1n) is 22.8. The van der Waals surface area contributed by atoms with E-state index in [1.807, 2.05) is 54.9 Å². The summed E-state index contributed by atoms with van der Waals surface area (Å²) >= 11 is 0. The third kappa shape index (κ3) is 6.74. The highest BCUT2D eigenvalue weighted by molar-refractivity contribution is 6.25. The Bertz CT molecular complexity index is 3940. The second-order valence-corrected chi connectivity index (χ2v) is 17.0. The topological polar surface area (TPSA) is 69.6 Å². The molecule has 6 nitrogen and oxygen atoms in total. The normalized spacial score (nSPS) is 11.5. The number of para-hydroxylation sites is 1. The van der Waals surface area contributed by atoms with E-state index in [0.29, 0.717) is 17.5 Å². The summed E-state index contributed by atoms with van der Waals surface area (Å²) in [5, 5.41) is 4.37. The van der Waals surface area contributed by atoms with E-state index in [9.17, 15) is 0 Å². The molecule has 0 spiro atoms. The van der Waals surface area contributed by atoms with Crippen LogP contribution in [0.1, 0.15) is 0 Å². The van der Waals surface area contributed by atoms with E-state index in [2.05, 4.69) is 192 Å². The molecule has 4 heterocycles. The number of aromatic nitrogens is 5. The molecule has 0 bridgehead atoms. The maximum atomic E-state index is 6.70. The van der Waals surface area contributed by atoms with Crippen LogP contribution in [-0.2, 0) is 0 Å². The van der Waals surface area contributed by atoms with Crippen molar-refractivity contribution < 1.29 is 4.42 Å². The molecule has 0 aliphatic rings. The van der Waals surface area contributed by atoms with Gasteiger partial charge in [0.1, 0.15) is 11.2 Å². The van der Waals surface area contributed by atoms with Crippen molar-refractivity contribution >= 4 is 43.7 Å². The van der Waals surface area contributed by atoms with E-state index in [4.69, 9.17) is 19.4 Å². The zero-order valence-electron chi connectivity index (χ0n) is 36.7. The molecule has 0 fully saturated rings. The number of fused-ring (bicyclic) bond motifs is 7. The van der Waals surface area contributed by atoms with Gasteiger partial charge < -0.3 is 8.98 Å². The quantitative estimate of drug-likeness (QED) is 0.152. The number of hydrogen-bond donors (Lipinski definition) is 0. The van der Waals surface area contributed by atoms with E-state index in [-0.39, 0.29) is 0 Å². The van der Waals surface area contributed by atoms with Gasteiger partial charge in [0.2, 0.25) is 0 Å². The van der Waals surface area contributed by atoms with Crippen LogP contribution in [0.2, 0.25) is 0 Å². The van der Waals surface area contributed by atoms with E-state index >= 15 is 0 Å². The smallest absolute Gasteiger partial charge is 0.164 e. The van der Waals surface area contributed by atoms with Crippen molar-refractivity contribution in [2.45, 2.75) is 0 Å². The molecule has 0 aliphatic carbocycles. The highest BCUT2D eigenvalue weighted by Gasteiger charge is 2.22. The molecule has 13 aromatic rings. The Kier molecular flexibility index (Phi) is 9.39. The number of hydrogen-bond acceptors (Lipinski definition) is 5. The van der Waals surface area contributed by atoms with Gasteiger partial charge in [0.05, 0.1) is 28.3 Å². The van der Waals surface area contributed by atoms with E-state index < -0.39 is 0 Å². The lowest BCUT2D eigenvalue weighted by atomic mass is 9.88. The highest BCUT2D eigenvalue weighted by atomic mass is 16.3. The van der Waals surface area contributed by atoms with Crippen LogP contribution in [0.4, 0.5) is 0 Å². The Morgan fingerprint density at radius 2 is 0.897 bits per heavy atom. The maximum Gasteiger partial charge on any atom is 0.164 e. The fraction of sp³-hybridized carbons (Fsp3) is 0. The largest absolute Gasteiger partial charge is 0.456 e. The van der Waals surface area contributed by atoms with Gasteiger partial charge in [0, 0.05) is 39.0 Å². The summed E-state index contributed by atoms with van der Waals surface area (Å²) in [6, 6.07) is 78.5. The molecule has 318 valence electrons. The summed E-state index contributed by atoms with van der Waals surface area (Å²) in [5.41, 5.74) is 16.2. The lowest BCUT2D eigenvalue weighted by Gasteiger charge is -2.17. The molecular weight excluding hydrogens is 831 g/mol. The van der Waals surface area contributed by atoms with Gasteiger partial charge in [-0.25, -0.2) is 15.0 Å². The second-order valence-electron chi connectivity index (χ2n) is 17.0. The molecule has 0 amide bonds. The van der Waals surface area contributed by atoms with Crippen LogP contribution < -0.4 is 0 Å². The number of nitrogens with zero attached hydrogens (tertiary/aromatic N) is 5.